The first-order valence-corrected chi connectivity index (χ1v) is 9.59. The quantitative estimate of drug-likeness (QED) is 0.686. The first-order chi connectivity index (χ1) is 12.4. The molecule has 0 spiro atoms. The summed E-state index contributed by atoms with van der Waals surface area (Å²) in [6.07, 6.45) is 1.56. The fourth-order valence-corrected chi connectivity index (χ4v) is 3.86. The van der Waals surface area contributed by atoms with E-state index in [0.29, 0.717) is 11.5 Å². The molecular formula is C18H21N3O4S. The lowest BCUT2D eigenvalue weighted by Crippen LogP contribution is -2.32. The highest BCUT2D eigenvalue weighted by molar-refractivity contribution is 7.89. The van der Waals surface area contributed by atoms with Gasteiger partial charge in [0.1, 0.15) is 17.6 Å². The SMILES string of the molecule is COc1cccc(S(=O)(=O)NCC(c2ccco2)n2nc(C)cc2C)c1. The molecule has 2 heterocycles. The summed E-state index contributed by atoms with van der Waals surface area (Å²) in [4.78, 5) is 0.142. The molecule has 26 heavy (non-hydrogen) atoms. The Morgan fingerprint density at radius 1 is 1.23 bits per heavy atom. The minimum Gasteiger partial charge on any atom is -0.497 e. The molecule has 0 saturated heterocycles. The zero-order chi connectivity index (χ0) is 18.7. The summed E-state index contributed by atoms with van der Waals surface area (Å²) in [5, 5.41) is 4.47. The maximum atomic E-state index is 12.7. The third-order valence-corrected chi connectivity index (χ3v) is 5.45. The molecule has 1 unspecified atom stereocenters. The first kappa shape index (κ1) is 18.2. The third-order valence-electron chi connectivity index (χ3n) is 4.03. The van der Waals surface area contributed by atoms with E-state index in [4.69, 9.17) is 9.15 Å². The van der Waals surface area contributed by atoms with E-state index in [1.54, 1.807) is 35.2 Å². The van der Waals surface area contributed by atoms with E-state index in [1.165, 1.54) is 19.2 Å². The number of rotatable bonds is 7. The number of methoxy groups -OCH3 is 1. The molecule has 138 valence electrons. The Kier molecular flexibility index (Phi) is 5.15. The molecule has 1 atom stereocenters. The predicted octanol–water partition coefficient (Wildman–Crippen LogP) is 2.67. The minimum absolute atomic E-state index is 0.106. The van der Waals surface area contributed by atoms with Gasteiger partial charge in [-0.3, -0.25) is 4.68 Å². The van der Waals surface area contributed by atoms with Gasteiger partial charge >= 0.3 is 0 Å². The molecule has 7 nitrogen and oxygen atoms in total. The lowest BCUT2D eigenvalue weighted by atomic mass is 10.2. The Balaban J connectivity index is 1.87. The molecule has 8 heteroatoms. The molecule has 0 aliphatic rings. The van der Waals surface area contributed by atoms with Crippen LogP contribution >= 0.6 is 0 Å². The van der Waals surface area contributed by atoms with Gasteiger partial charge in [0.2, 0.25) is 10.0 Å². The van der Waals surface area contributed by atoms with Crippen molar-refractivity contribution in [2.45, 2.75) is 24.8 Å². The molecule has 3 rings (SSSR count). The Labute approximate surface area is 152 Å². The molecular weight excluding hydrogens is 354 g/mol. The van der Waals surface area contributed by atoms with Crippen LogP contribution in [-0.2, 0) is 10.0 Å². The van der Waals surface area contributed by atoms with Crippen molar-refractivity contribution in [2.75, 3.05) is 13.7 Å². The second-order valence-electron chi connectivity index (χ2n) is 5.93. The van der Waals surface area contributed by atoms with Crippen molar-refractivity contribution in [3.8, 4) is 5.75 Å². The summed E-state index contributed by atoms with van der Waals surface area (Å²) < 4.78 is 40.4. The smallest absolute Gasteiger partial charge is 0.240 e. The van der Waals surface area contributed by atoms with Gasteiger partial charge in [-0.05, 0) is 44.2 Å². The summed E-state index contributed by atoms with van der Waals surface area (Å²) >= 11 is 0. The second kappa shape index (κ2) is 7.35. The monoisotopic (exact) mass is 375 g/mol. The lowest BCUT2D eigenvalue weighted by Gasteiger charge is -2.18. The number of hydrogen-bond acceptors (Lipinski definition) is 5. The van der Waals surface area contributed by atoms with Crippen molar-refractivity contribution < 1.29 is 17.6 Å². The van der Waals surface area contributed by atoms with E-state index in [2.05, 4.69) is 9.82 Å². The highest BCUT2D eigenvalue weighted by Crippen LogP contribution is 2.22. The van der Waals surface area contributed by atoms with E-state index in [0.717, 1.165) is 11.4 Å². The van der Waals surface area contributed by atoms with E-state index < -0.39 is 10.0 Å². The molecule has 0 fully saturated rings. The van der Waals surface area contributed by atoms with Gasteiger partial charge in [0.25, 0.3) is 0 Å². The van der Waals surface area contributed by atoms with Crippen molar-refractivity contribution in [3.63, 3.8) is 0 Å². The fourth-order valence-electron chi connectivity index (χ4n) is 2.79. The number of sulfonamides is 1. The first-order valence-electron chi connectivity index (χ1n) is 8.10. The van der Waals surface area contributed by atoms with Gasteiger partial charge in [-0.15, -0.1) is 0 Å². The number of nitrogens with one attached hydrogen (secondary N) is 1. The second-order valence-corrected chi connectivity index (χ2v) is 7.70. The number of aromatic nitrogens is 2. The largest absolute Gasteiger partial charge is 0.497 e. The van der Waals surface area contributed by atoms with Crippen LogP contribution in [0, 0.1) is 13.8 Å². The van der Waals surface area contributed by atoms with Gasteiger partial charge in [-0.1, -0.05) is 6.07 Å². The maximum Gasteiger partial charge on any atom is 0.240 e. The van der Waals surface area contributed by atoms with Crippen LogP contribution in [0.1, 0.15) is 23.2 Å². The molecule has 1 N–H and O–H groups in total. The minimum atomic E-state index is -3.71. The Bertz CT molecular complexity index is 978. The van der Waals surface area contributed by atoms with E-state index in [-0.39, 0.29) is 17.5 Å². The number of aryl methyl sites for hydroxylation is 2. The molecule has 0 amide bonds. The molecule has 0 bridgehead atoms. The summed E-state index contributed by atoms with van der Waals surface area (Å²) in [5.41, 5.74) is 1.78. The van der Waals surface area contributed by atoms with Crippen molar-refractivity contribution in [1.82, 2.24) is 14.5 Å². The highest BCUT2D eigenvalue weighted by Gasteiger charge is 2.23. The average molecular weight is 375 g/mol. The number of hydrogen-bond donors (Lipinski definition) is 1. The van der Waals surface area contributed by atoms with Gasteiger partial charge in [0.15, 0.2) is 0 Å². The Hall–Kier alpha value is -2.58. The summed E-state index contributed by atoms with van der Waals surface area (Å²) in [6, 6.07) is 11.5. The standard InChI is InChI=1S/C18H21N3O4S/c1-13-10-14(2)21(20-13)17(18-8-5-9-25-18)12-19-26(22,23)16-7-4-6-15(11-16)24-3/h4-11,17,19H,12H2,1-3H3. The number of nitrogens with zero attached hydrogens (tertiary/aromatic N) is 2. The van der Waals surface area contributed by atoms with E-state index >= 15 is 0 Å². The third kappa shape index (κ3) is 3.81. The van der Waals surface area contributed by atoms with Crippen LogP contribution in [0.2, 0.25) is 0 Å². The Morgan fingerprint density at radius 3 is 2.65 bits per heavy atom. The van der Waals surface area contributed by atoms with Gasteiger partial charge in [0, 0.05) is 18.3 Å². The maximum absolute atomic E-state index is 12.7. The molecule has 2 aromatic heterocycles. The van der Waals surface area contributed by atoms with Crippen LogP contribution in [-0.4, -0.2) is 31.9 Å². The zero-order valence-electron chi connectivity index (χ0n) is 14.8. The number of benzene rings is 1. The van der Waals surface area contributed by atoms with Crippen LogP contribution in [0.4, 0.5) is 0 Å². The van der Waals surface area contributed by atoms with Crippen molar-refractivity contribution >= 4 is 10.0 Å². The average Bonchev–Trinajstić information content (AvgIpc) is 3.25. The van der Waals surface area contributed by atoms with Gasteiger partial charge in [0.05, 0.1) is 24.0 Å². The summed E-state index contributed by atoms with van der Waals surface area (Å²) in [6.45, 7) is 3.92. The lowest BCUT2D eigenvalue weighted by molar-refractivity contribution is 0.396. The van der Waals surface area contributed by atoms with E-state index in [9.17, 15) is 8.42 Å². The van der Waals surface area contributed by atoms with Crippen molar-refractivity contribution in [2.24, 2.45) is 0 Å². The summed E-state index contributed by atoms with van der Waals surface area (Å²) in [5.74, 6) is 1.11. The zero-order valence-corrected chi connectivity index (χ0v) is 15.7. The highest BCUT2D eigenvalue weighted by atomic mass is 32.2. The molecule has 0 saturated carbocycles. The molecule has 0 aliphatic carbocycles. The van der Waals surface area contributed by atoms with Crippen LogP contribution in [0.25, 0.3) is 0 Å². The molecule has 0 aliphatic heterocycles. The fraction of sp³-hybridized carbons (Fsp3) is 0.278. The number of ether oxygens (including phenoxy) is 1. The topological polar surface area (TPSA) is 86.4 Å². The molecule has 3 aromatic rings. The van der Waals surface area contributed by atoms with Crippen LogP contribution in [0.3, 0.4) is 0 Å². The van der Waals surface area contributed by atoms with Gasteiger partial charge < -0.3 is 9.15 Å². The van der Waals surface area contributed by atoms with Crippen LogP contribution < -0.4 is 9.46 Å². The molecule has 0 radical (unpaired) electrons. The van der Waals surface area contributed by atoms with Crippen LogP contribution in [0.15, 0.2) is 58.0 Å². The number of furan rings is 1. The van der Waals surface area contributed by atoms with Crippen LogP contribution in [0.5, 0.6) is 5.75 Å². The normalized spacial score (nSPS) is 12.9. The van der Waals surface area contributed by atoms with Gasteiger partial charge in [-0.2, -0.15) is 5.10 Å². The van der Waals surface area contributed by atoms with Gasteiger partial charge in [-0.25, -0.2) is 13.1 Å². The van der Waals surface area contributed by atoms with E-state index in [1.807, 2.05) is 19.9 Å². The predicted molar refractivity (Wildman–Crippen MR) is 96.7 cm³/mol. The van der Waals surface area contributed by atoms with Crippen molar-refractivity contribution in [1.29, 1.82) is 0 Å². The Morgan fingerprint density at radius 2 is 2.04 bits per heavy atom. The molecule has 1 aromatic carbocycles. The summed E-state index contributed by atoms with van der Waals surface area (Å²) in [7, 11) is -2.21. The van der Waals surface area contributed by atoms with Crippen molar-refractivity contribution in [3.05, 3.63) is 65.9 Å².